The zero-order valence-electron chi connectivity index (χ0n) is 18.3. The molecule has 172 valence electrons. The molecule has 0 bridgehead atoms. The number of hydrogen-bond donors (Lipinski definition) is 1. The highest BCUT2D eigenvalue weighted by atomic mass is 19.3. The molecule has 34 heavy (non-hydrogen) atoms. The fourth-order valence-corrected chi connectivity index (χ4v) is 3.93. The van der Waals surface area contributed by atoms with Gasteiger partial charge in [-0.2, -0.15) is 5.26 Å². The van der Waals surface area contributed by atoms with Crippen LogP contribution in [0.4, 0.5) is 8.78 Å². The van der Waals surface area contributed by atoms with E-state index in [1.165, 1.54) is 12.3 Å². The zero-order chi connectivity index (χ0) is 24.3. The van der Waals surface area contributed by atoms with Gasteiger partial charge < -0.3 is 10.2 Å². The van der Waals surface area contributed by atoms with Gasteiger partial charge in [-0.1, -0.05) is 12.1 Å². The van der Waals surface area contributed by atoms with Gasteiger partial charge in [0.15, 0.2) is 0 Å². The summed E-state index contributed by atoms with van der Waals surface area (Å²) < 4.78 is 27.2. The number of pyridine rings is 2. The number of alkyl halides is 2. The minimum absolute atomic E-state index is 0.306. The minimum atomic E-state index is -3.11. The fraction of sp³-hybridized carbons (Fsp3) is 0.240. The number of carbonyl (C=O) groups is 2. The number of hydrogen-bond acceptors (Lipinski definition) is 5. The van der Waals surface area contributed by atoms with Crippen LogP contribution in [0.2, 0.25) is 0 Å². The molecule has 3 aromatic rings. The van der Waals surface area contributed by atoms with E-state index in [1.54, 1.807) is 24.5 Å². The Labute approximate surface area is 194 Å². The highest BCUT2D eigenvalue weighted by Gasteiger charge is 2.47. The van der Waals surface area contributed by atoms with Gasteiger partial charge in [0.05, 0.1) is 30.2 Å². The Morgan fingerprint density at radius 2 is 2.00 bits per heavy atom. The molecule has 1 aliphatic heterocycles. The molecule has 1 atom stereocenters. The highest BCUT2D eigenvalue weighted by molar-refractivity contribution is 6.07. The lowest BCUT2D eigenvalue weighted by molar-refractivity contribution is -0.131. The van der Waals surface area contributed by atoms with Crippen LogP contribution in [0.3, 0.4) is 0 Å². The van der Waals surface area contributed by atoms with E-state index in [0.717, 1.165) is 21.6 Å². The summed E-state index contributed by atoms with van der Waals surface area (Å²) in [5.74, 6) is -4.38. The molecule has 7 nitrogen and oxygen atoms in total. The molecule has 2 amide bonds. The Morgan fingerprint density at radius 3 is 2.74 bits per heavy atom. The van der Waals surface area contributed by atoms with Crippen LogP contribution in [-0.2, 0) is 4.79 Å². The van der Waals surface area contributed by atoms with Crippen molar-refractivity contribution in [3.8, 4) is 6.07 Å². The van der Waals surface area contributed by atoms with E-state index in [2.05, 4.69) is 15.3 Å². The number of carbonyl (C=O) groups excluding carboxylic acids is 2. The largest absolute Gasteiger partial charge is 0.343 e. The van der Waals surface area contributed by atoms with Crippen molar-refractivity contribution in [3.63, 3.8) is 0 Å². The first-order chi connectivity index (χ1) is 16.3. The fourth-order valence-electron chi connectivity index (χ4n) is 3.93. The van der Waals surface area contributed by atoms with Crippen LogP contribution in [0.15, 0.2) is 55.0 Å². The number of fused-ring (bicyclic) bond motifs is 1. The van der Waals surface area contributed by atoms with Gasteiger partial charge in [-0.05, 0) is 54.0 Å². The molecule has 0 aliphatic carbocycles. The number of nitrogens with one attached hydrogen (secondary N) is 1. The minimum Gasteiger partial charge on any atom is -0.343 e. The normalized spacial score (nSPS) is 17.4. The van der Waals surface area contributed by atoms with E-state index in [-0.39, 0.29) is 0 Å². The second-order valence-electron chi connectivity index (χ2n) is 8.11. The molecule has 0 unspecified atom stereocenters. The van der Waals surface area contributed by atoms with E-state index < -0.39 is 43.3 Å². The molecule has 2 aromatic heterocycles. The maximum absolute atomic E-state index is 13.6. The molecule has 0 radical (unpaired) electrons. The Kier molecular flexibility index (Phi) is 6.32. The quantitative estimate of drug-likeness (QED) is 0.625. The standard InChI is InChI=1S/C25H21F2N5O2/c1-16(10-17-4-7-29-8-5-17)18-2-3-22-21(11-18)20(6-9-30-22)24(34)31-14-23(33)32-15-25(26,27)12-19(32)13-28/h2-11,19H,12,14-15H2,1H3,(H,31,34)/b16-10+/t19-/m0/s1. The third kappa shape index (κ3) is 4.91. The average Bonchev–Trinajstić information content (AvgIpc) is 3.16. The molecule has 1 aromatic carbocycles. The van der Waals surface area contributed by atoms with Gasteiger partial charge >= 0.3 is 0 Å². The van der Waals surface area contributed by atoms with E-state index in [4.69, 9.17) is 5.26 Å². The van der Waals surface area contributed by atoms with Gasteiger partial charge in [0, 0.05) is 30.4 Å². The summed E-state index contributed by atoms with van der Waals surface area (Å²) in [6.07, 6.45) is 6.19. The molecule has 0 spiro atoms. The number of aromatic nitrogens is 2. The number of amides is 2. The Morgan fingerprint density at radius 1 is 1.24 bits per heavy atom. The van der Waals surface area contributed by atoms with Crippen LogP contribution >= 0.6 is 0 Å². The maximum Gasteiger partial charge on any atom is 0.268 e. The Balaban J connectivity index is 1.54. The smallest absolute Gasteiger partial charge is 0.268 e. The molecule has 1 fully saturated rings. The van der Waals surface area contributed by atoms with Crippen LogP contribution in [0.25, 0.3) is 22.6 Å². The van der Waals surface area contributed by atoms with Gasteiger partial charge in [0.1, 0.15) is 6.04 Å². The van der Waals surface area contributed by atoms with Gasteiger partial charge in [0.25, 0.3) is 11.8 Å². The summed E-state index contributed by atoms with van der Waals surface area (Å²) >= 11 is 0. The second kappa shape index (κ2) is 9.35. The van der Waals surface area contributed by atoms with Crippen LogP contribution in [0.5, 0.6) is 0 Å². The molecule has 1 N–H and O–H groups in total. The molecule has 1 saturated heterocycles. The van der Waals surface area contributed by atoms with Gasteiger partial charge in [-0.25, -0.2) is 8.78 Å². The number of likely N-dealkylation sites (tertiary alicyclic amines) is 1. The third-order valence-electron chi connectivity index (χ3n) is 5.67. The summed E-state index contributed by atoms with van der Waals surface area (Å²) in [7, 11) is 0. The van der Waals surface area contributed by atoms with Crippen LogP contribution in [0.1, 0.15) is 34.8 Å². The highest BCUT2D eigenvalue weighted by Crippen LogP contribution is 2.31. The van der Waals surface area contributed by atoms with E-state index in [9.17, 15) is 18.4 Å². The number of benzene rings is 1. The zero-order valence-corrected chi connectivity index (χ0v) is 18.3. The molecule has 1 aliphatic rings. The van der Waals surface area contributed by atoms with E-state index >= 15 is 0 Å². The molecular formula is C25H21F2N5O2. The second-order valence-corrected chi connectivity index (χ2v) is 8.11. The van der Waals surface area contributed by atoms with Crippen molar-refractivity contribution in [1.82, 2.24) is 20.2 Å². The summed E-state index contributed by atoms with van der Waals surface area (Å²) in [5.41, 5.74) is 3.75. The first kappa shape index (κ1) is 23.0. The average molecular weight is 461 g/mol. The van der Waals surface area contributed by atoms with Crippen LogP contribution in [0, 0.1) is 11.3 Å². The molecule has 9 heteroatoms. The summed E-state index contributed by atoms with van der Waals surface area (Å²) in [4.78, 5) is 34.4. The molecule has 4 rings (SSSR count). The first-order valence-electron chi connectivity index (χ1n) is 10.6. The lowest BCUT2D eigenvalue weighted by atomic mass is 10.00. The number of halogens is 2. The summed E-state index contributed by atoms with van der Waals surface area (Å²) in [6, 6.07) is 11.4. The number of rotatable bonds is 5. The monoisotopic (exact) mass is 461 g/mol. The van der Waals surface area contributed by atoms with E-state index in [0.29, 0.717) is 16.5 Å². The summed E-state index contributed by atoms with van der Waals surface area (Å²) in [6.45, 7) is 0.635. The van der Waals surface area contributed by atoms with Crippen molar-refractivity contribution in [3.05, 3.63) is 71.7 Å². The maximum atomic E-state index is 13.6. The van der Waals surface area contributed by atoms with Crippen LogP contribution in [-0.4, -0.2) is 51.7 Å². The SMILES string of the molecule is C/C(=C\c1ccncc1)c1ccc2nccc(C(=O)NCC(=O)N3CC(F)(F)C[C@H]3C#N)c2c1. The van der Waals surface area contributed by atoms with Gasteiger partial charge in [-0.3, -0.25) is 19.6 Å². The summed E-state index contributed by atoms with van der Waals surface area (Å²) in [5, 5.41) is 12.2. The van der Waals surface area contributed by atoms with Crippen molar-refractivity contribution >= 4 is 34.4 Å². The Bertz CT molecular complexity index is 1320. The van der Waals surface area contributed by atoms with E-state index in [1.807, 2.05) is 37.3 Å². The lowest BCUT2D eigenvalue weighted by Crippen LogP contribution is -2.43. The van der Waals surface area contributed by atoms with Crippen molar-refractivity contribution in [2.75, 3.05) is 13.1 Å². The topological polar surface area (TPSA) is 99.0 Å². The first-order valence-corrected chi connectivity index (χ1v) is 10.6. The van der Waals surface area contributed by atoms with Crippen molar-refractivity contribution in [2.45, 2.75) is 25.3 Å². The van der Waals surface area contributed by atoms with Gasteiger partial charge in [0.2, 0.25) is 5.91 Å². The Hall–Kier alpha value is -4.19. The molecule has 0 saturated carbocycles. The van der Waals surface area contributed by atoms with Crippen molar-refractivity contribution in [2.24, 2.45) is 0 Å². The number of nitriles is 1. The van der Waals surface area contributed by atoms with Gasteiger partial charge in [-0.15, -0.1) is 0 Å². The number of nitrogens with zero attached hydrogens (tertiary/aromatic N) is 4. The predicted octanol–water partition coefficient (Wildman–Crippen LogP) is 3.68. The van der Waals surface area contributed by atoms with Crippen LogP contribution < -0.4 is 5.32 Å². The van der Waals surface area contributed by atoms with Crippen molar-refractivity contribution in [1.29, 1.82) is 5.26 Å². The van der Waals surface area contributed by atoms with Crippen molar-refractivity contribution < 1.29 is 18.4 Å². The molecule has 3 heterocycles. The number of allylic oxidation sites excluding steroid dienone is 1. The predicted molar refractivity (Wildman–Crippen MR) is 123 cm³/mol. The lowest BCUT2D eigenvalue weighted by Gasteiger charge is -2.19. The third-order valence-corrected chi connectivity index (χ3v) is 5.67. The molecular weight excluding hydrogens is 440 g/mol.